The molecule has 0 saturated heterocycles. The highest BCUT2D eigenvalue weighted by Gasteiger charge is 2.15. The van der Waals surface area contributed by atoms with Gasteiger partial charge in [0.2, 0.25) is 23.5 Å². The van der Waals surface area contributed by atoms with E-state index < -0.39 is 0 Å². The van der Waals surface area contributed by atoms with Gasteiger partial charge in [0.25, 0.3) is 0 Å². The van der Waals surface area contributed by atoms with E-state index in [0.29, 0.717) is 23.8 Å². The Bertz CT molecular complexity index is 954. The van der Waals surface area contributed by atoms with Crippen molar-refractivity contribution in [3.05, 3.63) is 60.5 Å². The number of hydrogen-bond acceptors (Lipinski definition) is 6. The molecule has 0 fully saturated rings. The van der Waals surface area contributed by atoms with Crippen molar-refractivity contribution in [1.82, 2.24) is 15.0 Å². The molecule has 29 heavy (non-hydrogen) atoms. The Morgan fingerprint density at radius 2 is 1.83 bits per heavy atom. The molecule has 0 unspecified atom stereocenters. The van der Waals surface area contributed by atoms with Gasteiger partial charge in [0.05, 0.1) is 13.7 Å². The summed E-state index contributed by atoms with van der Waals surface area (Å²) in [5, 5.41) is 6.69. The van der Waals surface area contributed by atoms with Crippen LogP contribution < -0.4 is 10.1 Å². The average molecular weight is 394 g/mol. The number of carbonyl (C=O) groups is 2. The first-order chi connectivity index (χ1) is 14.0. The Morgan fingerprint density at radius 1 is 1.10 bits per heavy atom. The first-order valence-corrected chi connectivity index (χ1v) is 9.11. The fourth-order valence-corrected chi connectivity index (χ4v) is 2.64. The molecule has 3 rings (SSSR count). The fourth-order valence-electron chi connectivity index (χ4n) is 2.64. The normalized spacial score (nSPS) is 10.4. The molecule has 0 aliphatic heterocycles. The number of likely N-dealkylation sites (N-methyl/N-ethyl adjacent to an activating group) is 1. The van der Waals surface area contributed by atoms with Crippen molar-refractivity contribution in [2.24, 2.45) is 0 Å². The molecule has 8 heteroatoms. The predicted octanol–water partition coefficient (Wildman–Crippen LogP) is 2.77. The summed E-state index contributed by atoms with van der Waals surface area (Å²) in [5.41, 5.74) is 1.48. The second kappa shape index (κ2) is 9.50. The van der Waals surface area contributed by atoms with E-state index in [2.05, 4.69) is 15.5 Å². The topological polar surface area (TPSA) is 97.6 Å². The number of anilines is 1. The zero-order valence-corrected chi connectivity index (χ0v) is 16.3. The summed E-state index contributed by atoms with van der Waals surface area (Å²) in [6.45, 7) is -0.0331. The molecule has 0 atom stereocenters. The molecule has 1 N–H and O–H groups in total. The summed E-state index contributed by atoms with van der Waals surface area (Å²) >= 11 is 0. The van der Waals surface area contributed by atoms with Crippen molar-refractivity contribution in [3.8, 4) is 17.1 Å². The monoisotopic (exact) mass is 394 g/mol. The third-order valence-electron chi connectivity index (χ3n) is 4.23. The van der Waals surface area contributed by atoms with E-state index in [1.54, 1.807) is 26.3 Å². The number of hydrogen-bond donors (Lipinski definition) is 1. The summed E-state index contributed by atoms with van der Waals surface area (Å²) in [7, 11) is 3.18. The second-order valence-electron chi connectivity index (χ2n) is 6.40. The molecule has 2 aromatic carbocycles. The van der Waals surface area contributed by atoms with E-state index in [4.69, 9.17) is 9.26 Å². The SMILES string of the molecule is COc1ccc(-c2noc(CCC(=O)N(C)CC(=O)Nc3ccccc3)n2)cc1. The van der Waals surface area contributed by atoms with Gasteiger partial charge in [0, 0.05) is 31.1 Å². The molecule has 150 valence electrons. The Morgan fingerprint density at radius 3 is 2.52 bits per heavy atom. The van der Waals surface area contributed by atoms with Gasteiger partial charge >= 0.3 is 0 Å². The maximum Gasteiger partial charge on any atom is 0.243 e. The van der Waals surface area contributed by atoms with E-state index in [1.807, 2.05) is 42.5 Å². The van der Waals surface area contributed by atoms with Crippen LogP contribution in [0.3, 0.4) is 0 Å². The van der Waals surface area contributed by atoms with Gasteiger partial charge in [-0.25, -0.2) is 0 Å². The molecule has 0 aliphatic carbocycles. The predicted molar refractivity (Wildman–Crippen MR) is 107 cm³/mol. The molecule has 0 bridgehead atoms. The molecule has 0 spiro atoms. The minimum Gasteiger partial charge on any atom is -0.497 e. The zero-order chi connectivity index (χ0) is 20.6. The summed E-state index contributed by atoms with van der Waals surface area (Å²) in [6, 6.07) is 16.4. The molecular weight excluding hydrogens is 372 g/mol. The average Bonchev–Trinajstić information content (AvgIpc) is 3.21. The van der Waals surface area contributed by atoms with Crippen LogP contribution in [-0.2, 0) is 16.0 Å². The largest absolute Gasteiger partial charge is 0.497 e. The second-order valence-corrected chi connectivity index (χ2v) is 6.40. The molecule has 2 amide bonds. The maximum atomic E-state index is 12.3. The zero-order valence-electron chi connectivity index (χ0n) is 16.3. The van der Waals surface area contributed by atoms with E-state index in [1.165, 1.54) is 4.90 Å². The van der Waals surface area contributed by atoms with Gasteiger partial charge in [0.1, 0.15) is 5.75 Å². The lowest BCUT2D eigenvalue weighted by Crippen LogP contribution is -2.35. The van der Waals surface area contributed by atoms with Crippen LogP contribution in [0.2, 0.25) is 0 Å². The van der Waals surface area contributed by atoms with Crippen molar-refractivity contribution >= 4 is 17.5 Å². The van der Waals surface area contributed by atoms with Crippen LogP contribution in [0.1, 0.15) is 12.3 Å². The standard InChI is InChI=1S/C21H22N4O4/c1-25(14-18(26)22-16-6-4-3-5-7-16)20(27)13-12-19-23-21(24-29-19)15-8-10-17(28-2)11-9-15/h3-11H,12-14H2,1-2H3,(H,22,26). The Hall–Kier alpha value is -3.68. The van der Waals surface area contributed by atoms with Crippen molar-refractivity contribution < 1.29 is 18.8 Å². The number of aromatic nitrogens is 2. The first-order valence-electron chi connectivity index (χ1n) is 9.11. The number of para-hydroxylation sites is 1. The molecular formula is C21H22N4O4. The highest BCUT2D eigenvalue weighted by molar-refractivity contribution is 5.94. The van der Waals surface area contributed by atoms with Crippen LogP contribution in [0.15, 0.2) is 59.1 Å². The van der Waals surface area contributed by atoms with E-state index in [-0.39, 0.29) is 24.8 Å². The number of amides is 2. The molecule has 1 heterocycles. The highest BCUT2D eigenvalue weighted by Crippen LogP contribution is 2.20. The Balaban J connectivity index is 1.48. The van der Waals surface area contributed by atoms with Crippen LogP contribution in [0.25, 0.3) is 11.4 Å². The van der Waals surface area contributed by atoms with Crippen molar-refractivity contribution in [1.29, 1.82) is 0 Å². The lowest BCUT2D eigenvalue weighted by molar-refractivity contribution is -0.133. The van der Waals surface area contributed by atoms with Crippen LogP contribution in [-0.4, -0.2) is 47.6 Å². The van der Waals surface area contributed by atoms with Crippen molar-refractivity contribution in [2.45, 2.75) is 12.8 Å². The van der Waals surface area contributed by atoms with E-state index >= 15 is 0 Å². The van der Waals surface area contributed by atoms with Crippen molar-refractivity contribution in [2.75, 3.05) is 26.0 Å². The van der Waals surface area contributed by atoms with Crippen LogP contribution >= 0.6 is 0 Å². The number of nitrogens with one attached hydrogen (secondary N) is 1. The third-order valence-corrected chi connectivity index (χ3v) is 4.23. The van der Waals surface area contributed by atoms with Gasteiger partial charge in [-0.1, -0.05) is 23.4 Å². The number of nitrogens with zero attached hydrogens (tertiary/aromatic N) is 3. The minimum absolute atomic E-state index is 0.0331. The van der Waals surface area contributed by atoms with Crippen LogP contribution in [0.5, 0.6) is 5.75 Å². The quantitative estimate of drug-likeness (QED) is 0.631. The van der Waals surface area contributed by atoms with Gasteiger partial charge in [-0.2, -0.15) is 4.98 Å². The molecule has 3 aromatic rings. The smallest absolute Gasteiger partial charge is 0.243 e. The van der Waals surface area contributed by atoms with Crippen LogP contribution in [0.4, 0.5) is 5.69 Å². The maximum absolute atomic E-state index is 12.3. The van der Waals surface area contributed by atoms with Crippen LogP contribution in [0, 0.1) is 0 Å². The number of methoxy groups -OCH3 is 1. The number of benzene rings is 2. The fraction of sp³-hybridized carbons (Fsp3) is 0.238. The summed E-state index contributed by atoms with van der Waals surface area (Å²) in [5.74, 6) is 1.11. The first kappa shape index (κ1) is 20.1. The molecule has 0 aliphatic rings. The number of rotatable bonds is 8. The number of ether oxygens (including phenoxy) is 1. The van der Waals surface area contributed by atoms with Gasteiger partial charge in [-0.05, 0) is 36.4 Å². The van der Waals surface area contributed by atoms with E-state index in [9.17, 15) is 9.59 Å². The van der Waals surface area contributed by atoms with Gasteiger partial charge in [-0.3, -0.25) is 9.59 Å². The minimum atomic E-state index is -0.258. The Kier molecular flexibility index (Phi) is 6.57. The van der Waals surface area contributed by atoms with Gasteiger partial charge in [0.15, 0.2) is 0 Å². The highest BCUT2D eigenvalue weighted by atomic mass is 16.5. The Labute approximate surface area is 168 Å². The third kappa shape index (κ3) is 5.65. The summed E-state index contributed by atoms with van der Waals surface area (Å²) < 4.78 is 10.3. The number of carbonyl (C=O) groups excluding carboxylic acids is 2. The molecule has 1 aromatic heterocycles. The number of aryl methyl sites for hydroxylation is 1. The summed E-state index contributed by atoms with van der Waals surface area (Å²) in [4.78, 5) is 30.0. The van der Waals surface area contributed by atoms with Gasteiger partial charge < -0.3 is 19.5 Å². The van der Waals surface area contributed by atoms with Gasteiger partial charge in [-0.15, -0.1) is 0 Å². The van der Waals surface area contributed by atoms with E-state index in [0.717, 1.165) is 11.3 Å². The summed E-state index contributed by atoms with van der Waals surface area (Å²) in [6.07, 6.45) is 0.464. The van der Waals surface area contributed by atoms with Crippen molar-refractivity contribution in [3.63, 3.8) is 0 Å². The molecule has 8 nitrogen and oxygen atoms in total. The molecule has 0 saturated carbocycles. The lowest BCUT2D eigenvalue weighted by atomic mass is 10.2. The molecule has 0 radical (unpaired) electrons. The lowest BCUT2D eigenvalue weighted by Gasteiger charge is -2.16.